The van der Waals surface area contributed by atoms with Crippen LogP contribution in [-0.2, 0) is 19.5 Å². The van der Waals surface area contributed by atoms with E-state index in [1.807, 2.05) is 0 Å². The molecule has 0 aromatic heterocycles. The van der Waals surface area contributed by atoms with Gasteiger partial charge >= 0.3 is 41.1 Å². The fourth-order valence-electron chi connectivity index (χ4n) is 0.401. The molecule has 0 aromatic rings. The molecule has 0 bridgehead atoms. The van der Waals surface area contributed by atoms with Crippen molar-refractivity contribution in [2.45, 2.75) is 12.8 Å². The number of hydrogen-bond acceptors (Lipinski definition) is 5. The number of rotatable bonds is 4. The van der Waals surface area contributed by atoms with Gasteiger partial charge in [0.1, 0.15) is 5.78 Å². The quantitative estimate of drug-likeness (QED) is 0.495. The Balaban J connectivity index is 0. The molecule has 13 heavy (non-hydrogen) atoms. The summed E-state index contributed by atoms with van der Waals surface area (Å²) >= 11 is -4.00. The maximum absolute atomic E-state index is 10.4. The molecule has 0 radical (unpaired) electrons. The van der Waals surface area contributed by atoms with Crippen molar-refractivity contribution < 1.29 is 27.1 Å². The van der Waals surface area contributed by atoms with Crippen LogP contribution in [0.3, 0.4) is 0 Å². The van der Waals surface area contributed by atoms with E-state index in [1.165, 1.54) is 0 Å². The Morgan fingerprint density at radius 1 is 1.31 bits per heavy atom. The predicted octanol–water partition coefficient (Wildman–Crippen LogP) is -0.484. The van der Waals surface area contributed by atoms with Gasteiger partial charge in [0.25, 0.3) is 0 Å². The second-order valence-electron chi connectivity index (χ2n) is 1.96. The van der Waals surface area contributed by atoms with Crippen LogP contribution in [0.1, 0.15) is 12.8 Å². The van der Waals surface area contributed by atoms with Gasteiger partial charge in [0.05, 0.1) is 6.54 Å². The van der Waals surface area contributed by atoms with Crippen LogP contribution in [0.2, 0.25) is 0 Å². The zero-order chi connectivity index (χ0) is 10.9. The van der Waals surface area contributed by atoms with Gasteiger partial charge < -0.3 is 11.5 Å². The number of carbonyl (C=O) groups is 1. The van der Waals surface area contributed by atoms with Crippen molar-refractivity contribution in [1.29, 1.82) is 0 Å². The summed E-state index contributed by atoms with van der Waals surface area (Å²) in [5.74, 6) is 0.0930. The Labute approximate surface area is 89.0 Å². The summed E-state index contributed by atoms with van der Waals surface area (Å²) in [5, 5.41) is 0. The predicted molar refractivity (Wildman–Crippen MR) is 48.5 cm³/mol. The Hall–Kier alpha value is 0.778. The fourth-order valence-corrected chi connectivity index (χ4v) is 0.401. The van der Waals surface area contributed by atoms with Crippen LogP contribution in [0.15, 0.2) is 0 Å². The summed E-state index contributed by atoms with van der Waals surface area (Å²) in [6.07, 6.45) is 1.29. The van der Waals surface area contributed by atoms with E-state index in [-0.39, 0.29) is 12.3 Å². The van der Waals surface area contributed by atoms with E-state index in [2.05, 4.69) is 18.8 Å². The summed E-state index contributed by atoms with van der Waals surface area (Å²) in [6.45, 7) is 0.728. The molecule has 0 saturated heterocycles. The minimum atomic E-state index is -4.00. The molecule has 0 saturated carbocycles. The maximum atomic E-state index is 10.4. The van der Waals surface area contributed by atoms with E-state index in [0.717, 1.165) is 6.42 Å². The van der Waals surface area contributed by atoms with Gasteiger partial charge in [-0.1, -0.05) is 0 Å². The van der Waals surface area contributed by atoms with Crippen LogP contribution in [-0.4, -0.2) is 26.4 Å². The van der Waals surface area contributed by atoms with Crippen molar-refractivity contribution in [3.05, 3.63) is 0 Å². The molecule has 0 fully saturated rings. The second kappa shape index (κ2) is 9.34. The van der Waals surface area contributed by atoms with Crippen LogP contribution in [0.5, 0.6) is 0 Å². The molecule has 0 aliphatic carbocycles. The van der Waals surface area contributed by atoms with E-state index in [4.69, 9.17) is 19.0 Å². The first-order chi connectivity index (χ1) is 5.81. The van der Waals surface area contributed by atoms with E-state index in [1.54, 1.807) is 0 Å². The van der Waals surface area contributed by atoms with Crippen LogP contribution in [0.4, 0.5) is 0 Å². The van der Waals surface area contributed by atoms with Crippen molar-refractivity contribution in [2.24, 2.45) is 11.5 Å². The van der Waals surface area contributed by atoms with Crippen molar-refractivity contribution in [1.82, 2.24) is 0 Å². The molecule has 0 amide bonds. The average molecular weight is 416 g/mol. The van der Waals surface area contributed by atoms with Crippen LogP contribution < -0.4 is 11.5 Å². The van der Waals surface area contributed by atoms with Crippen LogP contribution >= 0.6 is 18.8 Å². The van der Waals surface area contributed by atoms with E-state index in [0.29, 0.717) is 13.0 Å². The van der Waals surface area contributed by atoms with Gasteiger partial charge in [-0.05, 0) is 13.0 Å². The van der Waals surface area contributed by atoms with Gasteiger partial charge in [0.2, 0.25) is 0 Å². The number of Topliss-reactive ketones (excluding diaryl/α,β-unsaturated/α-hetero) is 1. The average Bonchev–Trinajstić information content (AvgIpc) is 1.97. The summed E-state index contributed by atoms with van der Waals surface area (Å²) in [4.78, 5) is 10.4. The first kappa shape index (κ1) is 16.2. The zero-order valence-corrected chi connectivity index (χ0v) is 10.6. The summed E-state index contributed by atoms with van der Waals surface area (Å²) < 4.78 is 15.6. The molecule has 0 rings (SSSR count). The van der Waals surface area contributed by atoms with Crippen LogP contribution in [0.25, 0.3) is 0 Å². The van der Waals surface area contributed by atoms with Gasteiger partial charge in [-0.15, -0.1) is 0 Å². The number of hydrogen-bond donors (Lipinski definition) is 4. The van der Waals surface area contributed by atoms with Crippen molar-refractivity contribution in [3.8, 4) is 0 Å². The van der Waals surface area contributed by atoms with Crippen molar-refractivity contribution in [3.63, 3.8) is 0 Å². The Bertz CT molecular complexity index is 136. The molecule has 0 spiro atoms. The molecule has 6 N–H and O–H groups in total. The monoisotopic (exact) mass is 415 g/mol. The third-order valence-electron chi connectivity index (χ3n) is 0.887. The number of carbonyl (C=O) groups excluding carboxylic acids is 1. The Morgan fingerprint density at radius 3 is 1.92 bits per heavy atom. The normalized spacial score (nSPS) is 11.5. The van der Waals surface area contributed by atoms with Gasteiger partial charge in [0, 0.05) is 6.42 Å². The third-order valence-corrected chi connectivity index (χ3v) is 0.887. The van der Waals surface area contributed by atoms with Crippen LogP contribution in [0, 0.1) is 0 Å². The Kier molecular flexibility index (Phi) is 11.6. The van der Waals surface area contributed by atoms with Gasteiger partial charge in [0.15, 0.2) is 0 Å². The summed E-state index contributed by atoms with van der Waals surface area (Å²) in [6, 6.07) is 0. The molecule has 86 valence electrons. The summed E-state index contributed by atoms with van der Waals surface area (Å²) in [5.41, 5.74) is 10.2. The summed E-state index contributed by atoms with van der Waals surface area (Å²) in [7, 11) is 9.17. The molecule has 0 aliphatic rings. The number of ketones is 1. The zero-order valence-electron chi connectivity index (χ0n) is 6.86. The van der Waals surface area contributed by atoms with E-state index in [9.17, 15) is 4.79 Å². The first-order valence-electron chi connectivity index (χ1n) is 3.25. The van der Waals surface area contributed by atoms with Gasteiger partial charge in [-0.2, -0.15) is 0 Å². The van der Waals surface area contributed by atoms with Crippen molar-refractivity contribution >= 4 is 24.6 Å². The standard InChI is InChI=1S/C5H12N2O.2ClH.2H2O.Pt/c6-3-1-2-5(8)4-7;;;;;/h1-4,6-7H2;2*1H;2*1H2;/q;;;;;+4/p-4. The fraction of sp³-hybridized carbons (Fsp3) is 0.800. The molecule has 0 heterocycles. The third kappa shape index (κ3) is 32.3. The molecular formula is C5H14Cl2N2O3Pt. The van der Waals surface area contributed by atoms with Crippen molar-refractivity contribution in [2.75, 3.05) is 13.1 Å². The molecular weight excluding hydrogens is 402 g/mol. The first-order valence-corrected chi connectivity index (χ1v) is 10.9. The van der Waals surface area contributed by atoms with E-state index < -0.39 is 14.7 Å². The second-order valence-corrected chi connectivity index (χ2v) is 10.7. The number of nitrogens with two attached hydrogens (primary N) is 2. The molecule has 5 nitrogen and oxygen atoms in total. The topological polar surface area (TPSA) is 110 Å². The minimum absolute atomic E-state index is 0.0930. The molecule has 0 unspecified atom stereocenters. The number of halogens is 2. The van der Waals surface area contributed by atoms with Gasteiger partial charge in [-0.3, -0.25) is 4.79 Å². The molecule has 0 aliphatic heterocycles. The van der Waals surface area contributed by atoms with Gasteiger partial charge in [-0.25, -0.2) is 0 Å². The SMILES string of the molecule is NCCCC(=O)CN.[OH][Pt]([OH])([Cl])[Cl]. The van der Waals surface area contributed by atoms with E-state index >= 15 is 0 Å². The molecule has 0 atom stereocenters. The molecule has 8 heteroatoms. The molecule has 0 aromatic carbocycles. The Morgan fingerprint density at radius 2 is 1.69 bits per heavy atom.